The summed E-state index contributed by atoms with van der Waals surface area (Å²) < 4.78 is 3.58. The van der Waals surface area contributed by atoms with Crippen LogP contribution in [0.5, 0.6) is 0 Å². The van der Waals surface area contributed by atoms with E-state index in [1.165, 1.54) is 15.6 Å². The van der Waals surface area contributed by atoms with Gasteiger partial charge in [0.05, 0.1) is 27.1 Å². The SMILES string of the molecule is Cc1nn(C(=O)c2c(Cl)cnn2C)c(C)c1Br. The first kappa shape index (κ1) is 12.3. The van der Waals surface area contributed by atoms with Crippen molar-refractivity contribution in [2.24, 2.45) is 7.05 Å². The Balaban J connectivity index is 2.55. The lowest BCUT2D eigenvalue weighted by molar-refractivity contribution is 0.0933. The smallest absolute Gasteiger partial charge is 0.265 e. The van der Waals surface area contributed by atoms with Gasteiger partial charge in [-0.05, 0) is 29.8 Å². The van der Waals surface area contributed by atoms with E-state index in [-0.39, 0.29) is 5.91 Å². The van der Waals surface area contributed by atoms with Gasteiger partial charge in [-0.15, -0.1) is 0 Å². The lowest BCUT2D eigenvalue weighted by Gasteiger charge is -2.04. The van der Waals surface area contributed by atoms with Gasteiger partial charge < -0.3 is 0 Å². The summed E-state index contributed by atoms with van der Waals surface area (Å²) in [5, 5.41) is 8.42. The van der Waals surface area contributed by atoms with Gasteiger partial charge in [0.25, 0.3) is 5.91 Å². The Morgan fingerprint density at radius 1 is 1.47 bits per heavy atom. The third-order valence-electron chi connectivity index (χ3n) is 2.49. The standard InChI is InChI=1S/C10H10BrClN4O/c1-5-8(11)6(2)16(14-5)10(17)9-7(12)4-13-15(9)3/h4H,1-3H3. The van der Waals surface area contributed by atoms with Gasteiger partial charge in [0.15, 0.2) is 0 Å². The summed E-state index contributed by atoms with van der Waals surface area (Å²) in [6, 6.07) is 0. The number of aryl methyl sites for hydroxylation is 2. The van der Waals surface area contributed by atoms with Gasteiger partial charge >= 0.3 is 0 Å². The predicted octanol–water partition coefficient (Wildman–Crippen LogP) is 2.34. The molecule has 0 aliphatic rings. The highest BCUT2D eigenvalue weighted by Gasteiger charge is 2.21. The molecular weight excluding hydrogens is 307 g/mol. The van der Waals surface area contributed by atoms with Crippen LogP contribution in [0.4, 0.5) is 0 Å². The minimum absolute atomic E-state index is 0.290. The molecule has 90 valence electrons. The van der Waals surface area contributed by atoms with E-state index in [2.05, 4.69) is 26.1 Å². The highest BCUT2D eigenvalue weighted by molar-refractivity contribution is 9.10. The molecule has 0 N–H and O–H groups in total. The van der Waals surface area contributed by atoms with Gasteiger partial charge in [-0.2, -0.15) is 14.9 Å². The van der Waals surface area contributed by atoms with Crippen LogP contribution in [-0.4, -0.2) is 25.5 Å². The number of hydrogen-bond acceptors (Lipinski definition) is 3. The number of aromatic nitrogens is 4. The van der Waals surface area contributed by atoms with Crippen LogP contribution in [0.3, 0.4) is 0 Å². The number of carbonyl (C=O) groups is 1. The number of rotatable bonds is 1. The maximum Gasteiger partial charge on any atom is 0.298 e. The minimum atomic E-state index is -0.290. The van der Waals surface area contributed by atoms with Crippen molar-refractivity contribution < 1.29 is 4.79 Å². The number of halogens is 2. The molecule has 0 spiro atoms. The average Bonchev–Trinajstić information content (AvgIpc) is 2.73. The van der Waals surface area contributed by atoms with Crippen LogP contribution < -0.4 is 0 Å². The van der Waals surface area contributed by atoms with Crippen molar-refractivity contribution in [1.29, 1.82) is 0 Å². The summed E-state index contributed by atoms with van der Waals surface area (Å²) in [6.45, 7) is 3.64. The summed E-state index contributed by atoms with van der Waals surface area (Å²) in [5.41, 5.74) is 1.82. The first-order valence-electron chi connectivity index (χ1n) is 4.87. The maximum absolute atomic E-state index is 12.3. The van der Waals surface area contributed by atoms with E-state index in [1.807, 2.05) is 13.8 Å². The minimum Gasteiger partial charge on any atom is -0.265 e. The third kappa shape index (κ3) is 1.91. The predicted molar refractivity (Wildman–Crippen MR) is 67.3 cm³/mol. The van der Waals surface area contributed by atoms with Crippen molar-refractivity contribution in [2.45, 2.75) is 13.8 Å². The van der Waals surface area contributed by atoms with Gasteiger partial charge in [-0.1, -0.05) is 11.6 Å². The van der Waals surface area contributed by atoms with Crippen molar-refractivity contribution in [1.82, 2.24) is 19.6 Å². The molecule has 7 heteroatoms. The van der Waals surface area contributed by atoms with Crippen molar-refractivity contribution in [2.75, 3.05) is 0 Å². The van der Waals surface area contributed by atoms with Crippen LogP contribution in [0.1, 0.15) is 21.9 Å². The Hall–Kier alpha value is -1.14. The normalized spacial score (nSPS) is 10.9. The first-order valence-corrected chi connectivity index (χ1v) is 6.04. The van der Waals surface area contributed by atoms with E-state index >= 15 is 0 Å². The fourth-order valence-electron chi connectivity index (χ4n) is 1.57. The van der Waals surface area contributed by atoms with Gasteiger partial charge in [0.2, 0.25) is 0 Å². The fourth-order valence-corrected chi connectivity index (χ4v) is 2.07. The first-order chi connectivity index (χ1) is 7.93. The van der Waals surface area contributed by atoms with E-state index in [0.29, 0.717) is 10.7 Å². The molecule has 0 aromatic carbocycles. The lowest BCUT2D eigenvalue weighted by Crippen LogP contribution is -2.19. The topological polar surface area (TPSA) is 52.7 Å². The number of hydrogen-bond donors (Lipinski definition) is 0. The van der Waals surface area contributed by atoms with Crippen LogP contribution in [0.2, 0.25) is 5.02 Å². The average molecular weight is 318 g/mol. The van der Waals surface area contributed by atoms with E-state index < -0.39 is 0 Å². The Morgan fingerprint density at radius 2 is 2.12 bits per heavy atom. The summed E-state index contributed by atoms with van der Waals surface area (Å²) in [4.78, 5) is 12.3. The van der Waals surface area contributed by atoms with Crippen LogP contribution in [0, 0.1) is 13.8 Å². The van der Waals surface area contributed by atoms with E-state index in [0.717, 1.165) is 15.9 Å². The molecule has 2 rings (SSSR count). The fraction of sp³-hybridized carbons (Fsp3) is 0.300. The second-order valence-electron chi connectivity index (χ2n) is 3.67. The molecule has 0 unspecified atom stereocenters. The molecule has 2 aromatic rings. The lowest BCUT2D eigenvalue weighted by atomic mass is 10.3. The second kappa shape index (κ2) is 4.27. The highest BCUT2D eigenvalue weighted by Crippen LogP contribution is 2.22. The summed E-state index contributed by atoms with van der Waals surface area (Å²) in [6.07, 6.45) is 1.44. The van der Waals surface area contributed by atoms with Crippen LogP contribution in [0.25, 0.3) is 0 Å². The molecule has 0 saturated carbocycles. The third-order valence-corrected chi connectivity index (χ3v) is 3.92. The van der Waals surface area contributed by atoms with E-state index in [1.54, 1.807) is 7.05 Å². The van der Waals surface area contributed by atoms with Gasteiger partial charge in [-0.3, -0.25) is 9.48 Å². The summed E-state index contributed by atoms with van der Waals surface area (Å²) in [7, 11) is 1.67. The van der Waals surface area contributed by atoms with Crippen molar-refractivity contribution in [3.63, 3.8) is 0 Å². The molecule has 0 aliphatic carbocycles. The second-order valence-corrected chi connectivity index (χ2v) is 4.87. The molecule has 0 bridgehead atoms. The van der Waals surface area contributed by atoms with Crippen LogP contribution >= 0.6 is 27.5 Å². The largest absolute Gasteiger partial charge is 0.298 e. The Labute approximate surface area is 111 Å². The summed E-state index contributed by atoms with van der Waals surface area (Å²) in [5.74, 6) is -0.290. The maximum atomic E-state index is 12.3. The Bertz CT molecular complexity index is 582. The van der Waals surface area contributed by atoms with Gasteiger partial charge in [0.1, 0.15) is 5.69 Å². The zero-order chi connectivity index (χ0) is 12.7. The Morgan fingerprint density at radius 3 is 2.53 bits per heavy atom. The molecule has 0 fully saturated rings. The molecular formula is C10H10BrClN4O. The molecule has 0 radical (unpaired) electrons. The molecule has 2 aromatic heterocycles. The number of carbonyl (C=O) groups excluding carboxylic acids is 1. The summed E-state index contributed by atoms with van der Waals surface area (Å²) >= 11 is 9.31. The van der Waals surface area contributed by atoms with E-state index in [4.69, 9.17) is 11.6 Å². The molecule has 5 nitrogen and oxygen atoms in total. The van der Waals surface area contributed by atoms with Crippen molar-refractivity contribution in [3.8, 4) is 0 Å². The molecule has 2 heterocycles. The molecule has 17 heavy (non-hydrogen) atoms. The van der Waals surface area contributed by atoms with Gasteiger partial charge in [0, 0.05) is 7.05 Å². The van der Waals surface area contributed by atoms with Crippen molar-refractivity contribution in [3.05, 3.63) is 32.8 Å². The van der Waals surface area contributed by atoms with Crippen LogP contribution in [-0.2, 0) is 7.05 Å². The molecule has 0 amide bonds. The van der Waals surface area contributed by atoms with Crippen LogP contribution in [0.15, 0.2) is 10.7 Å². The Kier molecular flexibility index (Phi) is 3.09. The van der Waals surface area contributed by atoms with Crippen molar-refractivity contribution >= 4 is 33.4 Å². The zero-order valence-electron chi connectivity index (χ0n) is 9.53. The molecule has 0 atom stereocenters. The zero-order valence-corrected chi connectivity index (χ0v) is 11.9. The number of nitrogens with zero attached hydrogens (tertiary/aromatic N) is 4. The molecule has 0 aliphatic heterocycles. The van der Waals surface area contributed by atoms with E-state index in [9.17, 15) is 4.79 Å². The van der Waals surface area contributed by atoms with Gasteiger partial charge in [-0.25, -0.2) is 0 Å². The quantitative estimate of drug-likeness (QED) is 0.811. The molecule has 0 saturated heterocycles. The monoisotopic (exact) mass is 316 g/mol. The highest BCUT2D eigenvalue weighted by atomic mass is 79.9.